The zero-order valence-electron chi connectivity index (χ0n) is 16.9. The molecule has 2 aromatic rings. The Hall–Kier alpha value is -2.34. The molecule has 2 aliphatic rings. The highest BCUT2D eigenvalue weighted by Gasteiger charge is 2.42. The number of nitrogens with zero attached hydrogens (tertiary/aromatic N) is 4. The van der Waals surface area contributed by atoms with E-state index in [2.05, 4.69) is 4.90 Å². The summed E-state index contributed by atoms with van der Waals surface area (Å²) in [5, 5.41) is 12.7. The van der Waals surface area contributed by atoms with Crippen LogP contribution in [0.2, 0.25) is 0 Å². The number of benzene rings is 1. The second kappa shape index (κ2) is 9.03. The van der Waals surface area contributed by atoms with Crippen molar-refractivity contribution in [2.75, 3.05) is 32.7 Å². The quantitative estimate of drug-likeness (QED) is 0.479. The normalized spacial score (nSPS) is 20.8. The van der Waals surface area contributed by atoms with Crippen molar-refractivity contribution in [3.05, 3.63) is 57.5 Å². The van der Waals surface area contributed by atoms with E-state index in [1.165, 1.54) is 21.7 Å². The average Bonchev–Trinajstić information content (AvgIpc) is 3.47. The lowest BCUT2D eigenvalue weighted by Crippen LogP contribution is -2.54. The van der Waals surface area contributed by atoms with Crippen molar-refractivity contribution in [1.29, 1.82) is 0 Å². The second-order valence-corrected chi connectivity index (χ2v) is 10.8. The van der Waals surface area contributed by atoms with Crippen LogP contribution in [0.15, 0.2) is 46.0 Å². The number of nitro benzene ring substituents is 1. The van der Waals surface area contributed by atoms with Crippen LogP contribution in [0.5, 0.6) is 0 Å². The molecule has 2 fully saturated rings. The predicted octanol–water partition coefficient (Wildman–Crippen LogP) is 2.15. The lowest BCUT2D eigenvalue weighted by molar-refractivity contribution is -0.384. The van der Waals surface area contributed by atoms with Crippen LogP contribution >= 0.6 is 11.3 Å². The Morgan fingerprint density at radius 3 is 2.58 bits per heavy atom. The third-order valence-electron chi connectivity index (χ3n) is 5.76. The third kappa shape index (κ3) is 4.64. The minimum atomic E-state index is -3.65. The van der Waals surface area contributed by atoms with Crippen molar-refractivity contribution >= 4 is 33.0 Å². The van der Waals surface area contributed by atoms with Crippen molar-refractivity contribution in [1.82, 2.24) is 14.1 Å². The number of carbonyl (C=O) groups excluding carboxylic acids is 1. The number of rotatable bonds is 6. The molecule has 0 N–H and O–H groups in total. The van der Waals surface area contributed by atoms with Gasteiger partial charge in [0.15, 0.2) is 0 Å². The summed E-state index contributed by atoms with van der Waals surface area (Å²) < 4.78 is 27.5. The first kappa shape index (κ1) is 21.9. The van der Waals surface area contributed by atoms with Crippen LogP contribution in [-0.4, -0.2) is 72.1 Å². The van der Waals surface area contributed by atoms with E-state index in [0.717, 1.165) is 5.56 Å². The fourth-order valence-electron chi connectivity index (χ4n) is 4.16. The van der Waals surface area contributed by atoms with Crippen LogP contribution in [0.25, 0.3) is 0 Å². The van der Waals surface area contributed by atoms with E-state index >= 15 is 0 Å². The summed E-state index contributed by atoms with van der Waals surface area (Å²) in [6.45, 7) is 3.24. The third-order valence-corrected chi connectivity index (χ3v) is 9.04. The van der Waals surface area contributed by atoms with Gasteiger partial charge in [-0.1, -0.05) is 18.2 Å². The van der Waals surface area contributed by atoms with Gasteiger partial charge in [0, 0.05) is 51.4 Å². The van der Waals surface area contributed by atoms with Gasteiger partial charge in [-0.15, -0.1) is 11.3 Å². The van der Waals surface area contributed by atoms with Crippen LogP contribution in [0.1, 0.15) is 18.4 Å². The smallest absolute Gasteiger partial charge is 0.269 e. The molecule has 1 aromatic carbocycles. The SMILES string of the molecule is O=C(C1CCCN1S(=O)(=O)c1cccs1)N1CCN(Cc2cccc([N+](=O)[O-])c2)CC1. The molecule has 0 spiro atoms. The van der Waals surface area contributed by atoms with Crippen molar-refractivity contribution < 1.29 is 18.1 Å². The van der Waals surface area contributed by atoms with E-state index in [4.69, 9.17) is 0 Å². The number of amides is 1. The van der Waals surface area contributed by atoms with Gasteiger partial charge in [0.25, 0.3) is 15.7 Å². The molecule has 9 nitrogen and oxygen atoms in total. The van der Waals surface area contributed by atoms with Gasteiger partial charge in [-0.05, 0) is 29.9 Å². The first-order valence-corrected chi connectivity index (χ1v) is 12.5. The topological polar surface area (TPSA) is 104 Å². The lowest BCUT2D eigenvalue weighted by Gasteiger charge is -2.37. The molecule has 2 saturated heterocycles. The van der Waals surface area contributed by atoms with Crippen molar-refractivity contribution in [3.8, 4) is 0 Å². The highest BCUT2D eigenvalue weighted by molar-refractivity contribution is 7.91. The van der Waals surface area contributed by atoms with Crippen LogP contribution in [0, 0.1) is 10.1 Å². The Bertz CT molecular complexity index is 1050. The molecule has 0 bridgehead atoms. The minimum Gasteiger partial charge on any atom is -0.339 e. The van der Waals surface area contributed by atoms with E-state index in [1.54, 1.807) is 34.5 Å². The molecule has 4 rings (SSSR count). The first-order chi connectivity index (χ1) is 14.9. The van der Waals surface area contributed by atoms with Crippen LogP contribution < -0.4 is 0 Å². The molecule has 11 heteroatoms. The fraction of sp³-hybridized carbons (Fsp3) is 0.450. The summed E-state index contributed by atoms with van der Waals surface area (Å²) in [5.74, 6) is -0.132. The van der Waals surface area contributed by atoms with E-state index in [0.29, 0.717) is 52.1 Å². The van der Waals surface area contributed by atoms with Crippen molar-refractivity contribution in [3.63, 3.8) is 0 Å². The van der Waals surface area contributed by atoms with Gasteiger partial charge < -0.3 is 4.90 Å². The molecule has 0 saturated carbocycles. The minimum absolute atomic E-state index is 0.0691. The summed E-state index contributed by atoms with van der Waals surface area (Å²) in [6, 6.07) is 9.21. The molecule has 0 aliphatic carbocycles. The second-order valence-electron chi connectivity index (χ2n) is 7.73. The highest BCUT2D eigenvalue weighted by Crippen LogP contribution is 2.29. The van der Waals surface area contributed by atoms with Crippen LogP contribution in [-0.2, 0) is 21.4 Å². The molecule has 0 radical (unpaired) electrons. The molecule has 1 unspecified atom stereocenters. The van der Waals surface area contributed by atoms with Crippen LogP contribution in [0.3, 0.4) is 0 Å². The number of carbonyl (C=O) groups is 1. The maximum atomic E-state index is 13.1. The average molecular weight is 465 g/mol. The summed E-state index contributed by atoms with van der Waals surface area (Å²) >= 11 is 1.17. The first-order valence-electron chi connectivity index (χ1n) is 10.2. The number of hydrogen-bond donors (Lipinski definition) is 0. The number of hydrogen-bond acceptors (Lipinski definition) is 7. The summed E-state index contributed by atoms with van der Waals surface area (Å²) in [7, 11) is -3.65. The van der Waals surface area contributed by atoms with Gasteiger partial charge in [-0.3, -0.25) is 19.8 Å². The molecule has 31 heavy (non-hydrogen) atoms. The number of piperazine rings is 1. The van der Waals surface area contributed by atoms with Gasteiger partial charge in [-0.2, -0.15) is 4.31 Å². The lowest BCUT2D eigenvalue weighted by atomic mass is 10.1. The van der Waals surface area contributed by atoms with E-state index in [1.807, 2.05) is 6.07 Å². The van der Waals surface area contributed by atoms with Gasteiger partial charge in [0.05, 0.1) is 4.92 Å². The van der Waals surface area contributed by atoms with Gasteiger partial charge >= 0.3 is 0 Å². The number of non-ortho nitro benzene ring substituents is 1. The monoisotopic (exact) mass is 464 g/mol. The maximum absolute atomic E-state index is 13.1. The van der Waals surface area contributed by atoms with E-state index in [9.17, 15) is 23.3 Å². The molecule has 166 valence electrons. The highest BCUT2D eigenvalue weighted by atomic mass is 32.2. The standard InChI is InChI=1S/C20H24N4O5S2/c25-20(18-6-2-8-23(18)31(28,29)19-7-3-13-30-19)22-11-9-21(10-12-22)15-16-4-1-5-17(14-16)24(26)27/h1,3-5,7,13-14,18H,2,6,8-12,15H2. The molecule has 2 aliphatic heterocycles. The molecular formula is C20H24N4O5S2. The van der Waals surface area contributed by atoms with Gasteiger partial charge in [0.2, 0.25) is 5.91 Å². The van der Waals surface area contributed by atoms with E-state index < -0.39 is 21.0 Å². The Morgan fingerprint density at radius 1 is 1.13 bits per heavy atom. The zero-order valence-corrected chi connectivity index (χ0v) is 18.6. The van der Waals surface area contributed by atoms with Gasteiger partial charge in [-0.25, -0.2) is 8.42 Å². The maximum Gasteiger partial charge on any atom is 0.269 e. The Kier molecular flexibility index (Phi) is 6.37. The summed E-state index contributed by atoms with van der Waals surface area (Å²) in [4.78, 5) is 27.6. The summed E-state index contributed by atoms with van der Waals surface area (Å²) in [5.41, 5.74) is 0.928. The van der Waals surface area contributed by atoms with E-state index in [-0.39, 0.29) is 15.8 Å². The zero-order chi connectivity index (χ0) is 22.0. The molecule has 3 heterocycles. The number of sulfonamides is 1. The molecule has 1 aromatic heterocycles. The number of thiophene rings is 1. The largest absolute Gasteiger partial charge is 0.339 e. The Labute approximate surface area is 185 Å². The van der Waals surface area contributed by atoms with Gasteiger partial charge in [0.1, 0.15) is 10.3 Å². The molecule has 1 amide bonds. The van der Waals surface area contributed by atoms with Crippen molar-refractivity contribution in [2.24, 2.45) is 0 Å². The Morgan fingerprint density at radius 2 is 1.90 bits per heavy atom. The number of nitro groups is 1. The predicted molar refractivity (Wildman–Crippen MR) is 116 cm³/mol. The molecule has 1 atom stereocenters. The van der Waals surface area contributed by atoms with Crippen LogP contribution in [0.4, 0.5) is 5.69 Å². The molecular weight excluding hydrogens is 440 g/mol. The van der Waals surface area contributed by atoms with Crippen molar-refractivity contribution in [2.45, 2.75) is 29.6 Å². The Balaban J connectivity index is 1.37. The summed E-state index contributed by atoms with van der Waals surface area (Å²) in [6.07, 6.45) is 1.21. The fourth-order valence-corrected chi connectivity index (χ4v) is 6.93.